The highest BCUT2D eigenvalue weighted by Gasteiger charge is 2.19. The fourth-order valence-electron chi connectivity index (χ4n) is 6.38. The van der Waals surface area contributed by atoms with Crippen molar-refractivity contribution in [2.45, 2.75) is 52.4 Å². The van der Waals surface area contributed by atoms with E-state index in [1.807, 2.05) is 27.7 Å². The molecule has 1 amide bonds. The number of carboxylic acid groups (broad SMARTS) is 1. The molecule has 0 aliphatic rings. The Hall–Kier alpha value is -6.12. The van der Waals surface area contributed by atoms with E-state index in [-0.39, 0.29) is 52.5 Å². The van der Waals surface area contributed by atoms with E-state index in [2.05, 4.69) is 35.9 Å². The van der Waals surface area contributed by atoms with E-state index < -0.39 is 37.3 Å². The van der Waals surface area contributed by atoms with Crippen LogP contribution in [0.4, 0.5) is 31.5 Å². The van der Waals surface area contributed by atoms with E-state index in [9.17, 15) is 40.3 Å². The number of aromatic nitrogens is 4. The van der Waals surface area contributed by atoms with Crippen molar-refractivity contribution in [3.63, 3.8) is 0 Å². The minimum atomic E-state index is -3.10. The first kappa shape index (κ1) is 55.5. The number of benzene rings is 2. The minimum absolute atomic E-state index is 0.0109. The number of carbonyl (C=O) groups excluding carboxylic acids is 1. The molecule has 0 aliphatic heterocycles. The Labute approximate surface area is 411 Å². The molecule has 0 radical (unpaired) electrons. The molecule has 4 aromatic heterocycles. The van der Waals surface area contributed by atoms with Gasteiger partial charge in [-0.15, -0.1) is 0 Å². The number of nitrogens with zero attached hydrogens (tertiary/aromatic N) is 4. The molecule has 6 N–H and O–H groups in total. The summed E-state index contributed by atoms with van der Waals surface area (Å²) < 4.78 is 71.9. The minimum Gasteiger partial charge on any atom is -0.478 e. The molecule has 0 saturated heterocycles. The molecule has 4 heterocycles. The van der Waals surface area contributed by atoms with E-state index >= 15 is 0 Å². The number of sulfone groups is 2. The molecule has 0 spiro atoms. The molecule has 2 aromatic carbocycles. The topological polar surface area (TPSA) is 236 Å². The van der Waals surface area contributed by atoms with Crippen molar-refractivity contribution in [3.8, 4) is 22.5 Å². The molecule has 368 valence electrons. The third kappa shape index (κ3) is 17.4. The van der Waals surface area contributed by atoms with Crippen molar-refractivity contribution in [1.82, 2.24) is 25.3 Å². The van der Waals surface area contributed by atoms with Gasteiger partial charge in [0, 0.05) is 88.8 Å². The van der Waals surface area contributed by atoms with Crippen LogP contribution in [0.2, 0.25) is 10.0 Å². The van der Waals surface area contributed by atoms with Crippen molar-refractivity contribution in [1.29, 1.82) is 0 Å². The monoisotopic (exact) mass is 1030 g/mol. The van der Waals surface area contributed by atoms with Crippen molar-refractivity contribution in [2.75, 3.05) is 47.7 Å². The van der Waals surface area contributed by atoms with Gasteiger partial charge in [-0.2, -0.15) is 0 Å². The molecule has 15 nitrogen and oxygen atoms in total. The molecule has 0 fully saturated rings. The third-order valence-corrected chi connectivity index (χ3v) is 12.4. The van der Waals surface area contributed by atoms with Crippen LogP contribution in [0.25, 0.3) is 22.5 Å². The molecular weight excluding hydrogens is 974 g/mol. The second-order valence-electron chi connectivity index (χ2n) is 16.3. The standard InChI is InChI=1S/C24H26ClFN4O3S.C20H17ClFN3O2.C4H11NO2S/c1-15(2)18-14-29-22(17-11-16(25)5-6-20(17)26)12-23(18)30-21-7-9-27-13-19(21)24(31)28-8-4-10-34(3,32)33;1-11(2)14-10-24-18(13-7-12(21)3-4-16(13)22)8-19(14)25-17-5-6-23-9-15(17)20(26)27;1-8(6,7)4-2-3-5/h5-7,9,11-15H,4,8,10H2,1-3H3,(H,28,31)(H,27,29,30);3-11H,1-2H3,(H,26,27)(H,23,24,25);2-5H2,1H3. The Morgan fingerprint density at radius 2 is 1.09 bits per heavy atom. The first-order valence-corrected chi connectivity index (χ1v) is 26.2. The van der Waals surface area contributed by atoms with Gasteiger partial charge < -0.3 is 26.8 Å². The van der Waals surface area contributed by atoms with Gasteiger partial charge in [0.15, 0.2) is 0 Å². The van der Waals surface area contributed by atoms with Crippen LogP contribution < -0.4 is 21.7 Å². The fraction of sp³-hybridized carbons (Fsp3) is 0.292. The molecule has 0 unspecified atom stereocenters. The molecular formula is C48H54Cl2F2N8O7S2. The maximum atomic E-state index is 14.4. The molecule has 6 aromatic rings. The first-order chi connectivity index (χ1) is 32.5. The summed E-state index contributed by atoms with van der Waals surface area (Å²) in [5.41, 5.74) is 10.7. The Bertz CT molecular complexity index is 2980. The Morgan fingerprint density at radius 1 is 0.652 bits per heavy atom. The number of hydrogen-bond donors (Lipinski definition) is 5. The lowest BCUT2D eigenvalue weighted by atomic mass is 10.0. The van der Waals surface area contributed by atoms with Gasteiger partial charge in [-0.25, -0.2) is 30.4 Å². The second kappa shape index (κ2) is 25.5. The zero-order chi connectivity index (χ0) is 51.1. The van der Waals surface area contributed by atoms with Crippen LogP contribution in [0.5, 0.6) is 0 Å². The van der Waals surface area contributed by atoms with Gasteiger partial charge >= 0.3 is 5.97 Å². The Kier molecular flexibility index (Phi) is 20.5. The molecule has 69 heavy (non-hydrogen) atoms. The van der Waals surface area contributed by atoms with E-state index in [1.54, 1.807) is 42.9 Å². The van der Waals surface area contributed by atoms with Gasteiger partial charge in [-0.3, -0.25) is 24.7 Å². The van der Waals surface area contributed by atoms with E-state index in [1.165, 1.54) is 61.2 Å². The van der Waals surface area contributed by atoms with E-state index in [4.69, 9.17) is 28.9 Å². The number of nitrogens with two attached hydrogens (primary N) is 1. The summed E-state index contributed by atoms with van der Waals surface area (Å²) >= 11 is 12.0. The molecule has 0 bridgehead atoms. The number of hydrogen-bond acceptors (Lipinski definition) is 13. The average molecular weight is 1030 g/mol. The highest BCUT2D eigenvalue weighted by atomic mass is 35.5. The van der Waals surface area contributed by atoms with Gasteiger partial charge in [0.05, 0.1) is 39.8 Å². The fourth-order valence-corrected chi connectivity index (χ4v) is 8.08. The largest absolute Gasteiger partial charge is 0.478 e. The Morgan fingerprint density at radius 3 is 1.49 bits per heavy atom. The lowest BCUT2D eigenvalue weighted by Crippen LogP contribution is -2.26. The number of carbonyl (C=O) groups is 2. The number of nitrogens with one attached hydrogen (secondary N) is 3. The SMILES string of the molecule is CC(C)c1cnc(-c2cc(Cl)ccc2F)cc1Nc1ccncc1C(=O)NCCCS(C)(=O)=O.CC(C)c1cnc(-c2cc(Cl)ccc2F)cc1Nc1ccncc1C(=O)O.CS(=O)(=O)CCCN. The van der Waals surface area contributed by atoms with Crippen molar-refractivity contribution >= 4 is 77.5 Å². The van der Waals surface area contributed by atoms with Crippen molar-refractivity contribution in [2.24, 2.45) is 5.73 Å². The summed E-state index contributed by atoms with van der Waals surface area (Å²) in [7, 11) is -5.86. The number of amides is 1. The number of anilines is 4. The van der Waals surface area contributed by atoms with E-state index in [0.717, 1.165) is 17.4 Å². The lowest BCUT2D eigenvalue weighted by Gasteiger charge is -2.18. The summed E-state index contributed by atoms with van der Waals surface area (Å²) in [5.74, 6) is -1.94. The normalized spacial score (nSPS) is 11.3. The molecule has 0 atom stereocenters. The van der Waals surface area contributed by atoms with Gasteiger partial charge in [0.1, 0.15) is 36.9 Å². The van der Waals surface area contributed by atoms with Crippen molar-refractivity contribution in [3.05, 3.63) is 142 Å². The Balaban J connectivity index is 0.000000264. The number of carboxylic acids is 1. The summed E-state index contributed by atoms with van der Waals surface area (Å²) in [6.07, 6.45) is 12.3. The quantitative estimate of drug-likeness (QED) is 0.0535. The number of aromatic carboxylic acids is 1. The molecule has 6 rings (SSSR count). The summed E-state index contributed by atoms with van der Waals surface area (Å²) in [4.78, 5) is 40.9. The maximum absolute atomic E-state index is 14.4. The number of halogens is 4. The van der Waals surface area contributed by atoms with Crippen LogP contribution in [-0.4, -0.2) is 90.9 Å². The predicted octanol–water partition coefficient (Wildman–Crippen LogP) is 9.85. The van der Waals surface area contributed by atoms with Gasteiger partial charge in [-0.05, 0) is 103 Å². The van der Waals surface area contributed by atoms with E-state index in [0.29, 0.717) is 69.1 Å². The van der Waals surface area contributed by atoms with Crippen LogP contribution in [0.1, 0.15) is 84.2 Å². The highest BCUT2D eigenvalue weighted by molar-refractivity contribution is 7.90. The van der Waals surface area contributed by atoms with Crippen LogP contribution in [0, 0.1) is 11.6 Å². The van der Waals surface area contributed by atoms with Crippen molar-refractivity contribution < 1.29 is 40.3 Å². The summed E-state index contributed by atoms with van der Waals surface area (Å²) in [5, 5.41) is 19.3. The predicted molar refractivity (Wildman–Crippen MR) is 270 cm³/mol. The highest BCUT2D eigenvalue weighted by Crippen LogP contribution is 2.35. The average Bonchev–Trinajstić information content (AvgIpc) is 3.28. The van der Waals surface area contributed by atoms with Gasteiger partial charge in [-0.1, -0.05) is 50.9 Å². The summed E-state index contributed by atoms with van der Waals surface area (Å²) in [6.45, 7) is 8.66. The second-order valence-corrected chi connectivity index (χ2v) is 21.7. The maximum Gasteiger partial charge on any atom is 0.339 e. The number of pyridine rings is 4. The number of rotatable bonds is 17. The van der Waals surface area contributed by atoms with Crippen LogP contribution >= 0.6 is 23.2 Å². The van der Waals surface area contributed by atoms with Crippen LogP contribution in [-0.2, 0) is 19.7 Å². The van der Waals surface area contributed by atoms with Crippen LogP contribution in [0.3, 0.4) is 0 Å². The summed E-state index contributed by atoms with van der Waals surface area (Å²) in [6, 6.07) is 15.2. The van der Waals surface area contributed by atoms with Gasteiger partial charge in [0.2, 0.25) is 0 Å². The zero-order valence-electron chi connectivity index (χ0n) is 38.7. The molecule has 0 aliphatic carbocycles. The third-order valence-electron chi connectivity index (χ3n) is 9.87. The molecule has 0 saturated carbocycles. The molecule has 21 heteroatoms. The lowest BCUT2D eigenvalue weighted by molar-refractivity contribution is 0.0697. The smallest absolute Gasteiger partial charge is 0.339 e. The zero-order valence-corrected chi connectivity index (χ0v) is 41.9. The van der Waals surface area contributed by atoms with Gasteiger partial charge in [0.25, 0.3) is 5.91 Å². The first-order valence-electron chi connectivity index (χ1n) is 21.4. The van der Waals surface area contributed by atoms with Crippen LogP contribution in [0.15, 0.2) is 97.8 Å².